The van der Waals surface area contributed by atoms with Crippen LogP contribution in [0.2, 0.25) is 0 Å². The van der Waals surface area contributed by atoms with Crippen molar-refractivity contribution in [2.45, 2.75) is 57.5 Å². The summed E-state index contributed by atoms with van der Waals surface area (Å²) >= 11 is 0. The number of ether oxygens (including phenoxy) is 3. The molecule has 0 spiro atoms. The summed E-state index contributed by atoms with van der Waals surface area (Å²) in [5.74, 6) is 1.56. The van der Waals surface area contributed by atoms with E-state index < -0.39 is 0 Å². The van der Waals surface area contributed by atoms with Gasteiger partial charge in [-0.25, -0.2) is 0 Å². The molecule has 3 rings (SSSR count). The van der Waals surface area contributed by atoms with Gasteiger partial charge in [-0.1, -0.05) is 35.9 Å². The Kier molecular flexibility index (Phi) is 7.43. The maximum Gasteiger partial charge on any atom is 0.160 e. The number of hydrogen-bond acceptors (Lipinski definition) is 4. The molecule has 0 amide bonds. The van der Waals surface area contributed by atoms with Crippen molar-refractivity contribution >= 4 is 0 Å². The Morgan fingerprint density at radius 3 is 2.37 bits per heavy atom. The zero-order chi connectivity index (χ0) is 21.6. The van der Waals surface area contributed by atoms with E-state index in [2.05, 4.69) is 62.5 Å². The first kappa shape index (κ1) is 22.6. The highest BCUT2D eigenvalue weighted by Crippen LogP contribution is 2.43. The summed E-state index contributed by atoms with van der Waals surface area (Å²) in [6.07, 6.45) is 4.22. The van der Waals surface area contributed by atoms with Gasteiger partial charge in [0.2, 0.25) is 0 Å². The van der Waals surface area contributed by atoms with Crippen LogP contribution in [0, 0.1) is 6.92 Å². The Labute approximate surface area is 181 Å². The number of benzene rings is 2. The van der Waals surface area contributed by atoms with E-state index in [0.717, 1.165) is 56.9 Å². The number of methoxy groups -OCH3 is 2. The monoisotopic (exact) mass is 411 g/mol. The van der Waals surface area contributed by atoms with Gasteiger partial charge in [-0.2, -0.15) is 0 Å². The van der Waals surface area contributed by atoms with Crippen LogP contribution in [0.15, 0.2) is 42.5 Å². The van der Waals surface area contributed by atoms with Gasteiger partial charge < -0.3 is 19.5 Å². The number of hydrogen-bond donors (Lipinski definition) is 1. The summed E-state index contributed by atoms with van der Waals surface area (Å²) in [4.78, 5) is 0. The van der Waals surface area contributed by atoms with E-state index in [0.29, 0.717) is 0 Å². The SMILES string of the molecule is COc1ccc(CCNCCC2(c3ccc(C)cc3)CCOC(C)(C)C2)cc1OC. The second-order valence-corrected chi connectivity index (χ2v) is 9.12. The highest BCUT2D eigenvalue weighted by molar-refractivity contribution is 5.43. The molecule has 0 aromatic heterocycles. The van der Waals surface area contributed by atoms with Gasteiger partial charge in [-0.3, -0.25) is 0 Å². The lowest BCUT2D eigenvalue weighted by atomic mass is 9.67. The normalized spacial score (nSPS) is 20.7. The lowest BCUT2D eigenvalue weighted by Crippen LogP contribution is -2.45. The molecule has 4 nitrogen and oxygen atoms in total. The molecule has 1 fully saturated rings. The van der Waals surface area contributed by atoms with Gasteiger partial charge in [0.15, 0.2) is 11.5 Å². The lowest BCUT2D eigenvalue weighted by molar-refractivity contribution is -0.0839. The van der Waals surface area contributed by atoms with Crippen molar-refractivity contribution in [1.82, 2.24) is 5.32 Å². The molecule has 0 bridgehead atoms. The fourth-order valence-electron chi connectivity index (χ4n) is 4.71. The average molecular weight is 412 g/mol. The third-order valence-electron chi connectivity index (χ3n) is 6.32. The van der Waals surface area contributed by atoms with Crippen LogP contribution in [0.4, 0.5) is 0 Å². The quantitative estimate of drug-likeness (QED) is 0.586. The molecule has 30 heavy (non-hydrogen) atoms. The summed E-state index contributed by atoms with van der Waals surface area (Å²) in [6.45, 7) is 9.36. The van der Waals surface area contributed by atoms with Crippen molar-refractivity contribution in [2.75, 3.05) is 33.9 Å². The predicted molar refractivity (Wildman–Crippen MR) is 123 cm³/mol. The Bertz CT molecular complexity index is 816. The van der Waals surface area contributed by atoms with Crippen LogP contribution in [0.1, 0.15) is 49.8 Å². The molecule has 4 heteroatoms. The molecule has 1 atom stereocenters. The lowest BCUT2D eigenvalue weighted by Gasteiger charge is -2.45. The molecule has 1 aliphatic heterocycles. The second kappa shape index (κ2) is 9.84. The smallest absolute Gasteiger partial charge is 0.160 e. The van der Waals surface area contributed by atoms with Crippen molar-refractivity contribution in [3.63, 3.8) is 0 Å². The van der Waals surface area contributed by atoms with E-state index in [9.17, 15) is 0 Å². The predicted octanol–water partition coefficient (Wildman–Crippen LogP) is 5.06. The Hall–Kier alpha value is -2.04. The van der Waals surface area contributed by atoms with Crippen LogP contribution in [0.3, 0.4) is 0 Å². The molecular formula is C26H37NO3. The summed E-state index contributed by atoms with van der Waals surface area (Å²) in [6, 6.07) is 15.3. The largest absolute Gasteiger partial charge is 0.493 e. The third-order valence-corrected chi connectivity index (χ3v) is 6.32. The van der Waals surface area contributed by atoms with Crippen molar-refractivity contribution in [2.24, 2.45) is 0 Å². The molecule has 1 N–H and O–H groups in total. The molecule has 1 saturated heterocycles. The first-order chi connectivity index (χ1) is 14.4. The van der Waals surface area contributed by atoms with Gasteiger partial charge >= 0.3 is 0 Å². The van der Waals surface area contributed by atoms with Crippen LogP contribution in [0.25, 0.3) is 0 Å². The first-order valence-electron chi connectivity index (χ1n) is 11.0. The van der Waals surface area contributed by atoms with Gasteiger partial charge in [0.1, 0.15) is 0 Å². The minimum Gasteiger partial charge on any atom is -0.493 e. The zero-order valence-corrected chi connectivity index (χ0v) is 19.2. The molecule has 1 aliphatic rings. The first-order valence-corrected chi connectivity index (χ1v) is 11.0. The van der Waals surface area contributed by atoms with Crippen molar-refractivity contribution in [3.05, 3.63) is 59.2 Å². The number of aryl methyl sites for hydroxylation is 1. The Balaban J connectivity index is 1.59. The van der Waals surface area contributed by atoms with Crippen molar-refractivity contribution < 1.29 is 14.2 Å². The van der Waals surface area contributed by atoms with E-state index in [-0.39, 0.29) is 11.0 Å². The van der Waals surface area contributed by atoms with E-state index >= 15 is 0 Å². The van der Waals surface area contributed by atoms with Crippen molar-refractivity contribution in [1.29, 1.82) is 0 Å². The minimum absolute atomic E-state index is 0.0806. The fraction of sp³-hybridized carbons (Fsp3) is 0.538. The van der Waals surface area contributed by atoms with E-state index in [4.69, 9.17) is 14.2 Å². The van der Waals surface area contributed by atoms with E-state index in [1.165, 1.54) is 16.7 Å². The van der Waals surface area contributed by atoms with Crippen LogP contribution in [-0.4, -0.2) is 39.5 Å². The van der Waals surface area contributed by atoms with Crippen LogP contribution in [0.5, 0.6) is 11.5 Å². The molecule has 0 aliphatic carbocycles. The van der Waals surface area contributed by atoms with Gasteiger partial charge in [0.25, 0.3) is 0 Å². The summed E-state index contributed by atoms with van der Waals surface area (Å²) in [5.41, 5.74) is 4.11. The average Bonchev–Trinajstić information content (AvgIpc) is 2.73. The van der Waals surface area contributed by atoms with Gasteiger partial charge in [0, 0.05) is 12.0 Å². The Morgan fingerprint density at radius 1 is 0.967 bits per heavy atom. The van der Waals surface area contributed by atoms with Gasteiger partial charge in [-0.05, 0) is 82.8 Å². The topological polar surface area (TPSA) is 39.7 Å². The molecular weight excluding hydrogens is 374 g/mol. The van der Waals surface area contributed by atoms with Crippen LogP contribution in [-0.2, 0) is 16.6 Å². The third kappa shape index (κ3) is 5.55. The highest BCUT2D eigenvalue weighted by Gasteiger charge is 2.41. The summed E-state index contributed by atoms with van der Waals surface area (Å²) < 4.78 is 16.8. The second-order valence-electron chi connectivity index (χ2n) is 9.12. The molecule has 164 valence electrons. The number of rotatable bonds is 9. The Morgan fingerprint density at radius 2 is 1.70 bits per heavy atom. The molecule has 1 unspecified atom stereocenters. The minimum atomic E-state index is -0.0806. The van der Waals surface area contributed by atoms with Crippen molar-refractivity contribution in [3.8, 4) is 11.5 Å². The van der Waals surface area contributed by atoms with Crippen LogP contribution >= 0.6 is 0 Å². The molecule has 2 aromatic rings. The summed E-state index contributed by atoms with van der Waals surface area (Å²) in [5, 5.41) is 3.67. The zero-order valence-electron chi connectivity index (χ0n) is 19.2. The molecule has 0 saturated carbocycles. The van der Waals surface area contributed by atoms with Gasteiger partial charge in [-0.15, -0.1) is 0 Å². The molecule has 2 aromatic carbocycles. The van der Waals surface area contributed by atoms with E-state index in [1.54, 1.807) is 14.2 Å². The summed E-state index contributed by atoms with van der Waals surface area (Å²) in [7, 11) is 3.35. The van der Waals surface area contributed by atoms with Crippen LogP contribution < -0.4 is 14.8 Å². The number of nitrogens with one attached hydrogen (secondary N) is 1. The molecule has 0 radical (unpaired) electrons. The molecule has 1 heterocycles. The fourth-order valence-corrected chi connectivity index (χ4v) is 4.71. The standard InChI is InChI=1S/C26H37NO3/c1-20-6-9-22(10-7-20)26(14-17-30-25(2,3)19-26)13-16-27-15-12-21-8-11-23(28-4)24(18-21)29-5/h6-11,18,27H,12-17,19H2,1-5H3. The maximum absolute atomic E-state index is 6.05. The van der Waals surface area contributed by atoms with E-state index in [1.807, 2.05) is 6.07 Å². The highest BCUT2D eigenvalue weighted by atomic mass is 16.5. The maximum atomic E-state index is 6.05. The van der Waals surface area contributed by atoms with Gasteiger partial charge in [0.05, 0.1) is 19.8 Å².